The number of nitriles is 1. The summed E-state index contributed by atoms with van der Waals surface area (Å²) in [5, 5.41) is 10.2. The van der Waals surface area contributed by atoms with E-state index in [0.717, 1.165) is 10.9 Å². The Bertz CT molecular complexity index is 766. The minimum atomic E-state index is -0.719. The standard InChI is InChI=1S/C16H13ClN2O3/c1-21-6-7-22-16(20)13(10-18)9-12-8-11-4-2-3-5-14(11)19-15(12)17/h2-5,8-9H,6-7H2,1H3/b13-9+. The molecule has 1 aromatic carbocycles. The van der Waals surface area contributed by atoms with E-state index in [0.29, 0.717) is 5.56 Å². The van der Waals surface area contributed by atoms with Crippen LogP contribution in [0.15, 0.2) is 35.9 Å². The van der Waals surface area contributed by atoms with Gasteiger partial charge in [0.25, 0.3) is 0 Å². The van der Waals surface area contributed by atoms with Crippen molar-refractivity contribution in [3.8, 4) is 6.07 Å². The summed E-state index contributed by atoms with van der Waals surface area (Å²) < 4.78 is 9.70. The first-order valence-corrected chi connectivity index (χ1v) is 6.86. The van der Waals surface area contributed by atoms with E-state index in [4.69, 9.17) is 26.3 Å². The van der Waals surface area contributed by atoms with Crippen LogP contribution in [-0.2, 0) is 14.3 Å². The lowest BCUT2D eigenvalue weighted by Crippen LogP contribution is -2.11. The number of pyridine rings is 1. The van der Waals surface area contributed by atoms with E-state index in [1.165, 1.54) is 13.2 Å². The Hall–Kier alpha value is -2.42. The predicted octanol–water partition coefficient (Wildman–Crippen LogP) is 2.98. The third kappa shape index (κ3) is 3.82. The Morgan fingerprint density at radius 2 is 2.18 bits per heavy atom. The molecule has 5 nitrogen and oxygen atoms in total. The molecule has 1 aromatic heterocycles. The molecule has 0 bridgehead atoms. The van der Waals surface area contributed by atoms with Crippen LogP contribution in [0.5, 0.6) is 0 Å². The lowest BCUT2D eigenvalue weighted by Gasteiger charge is -2.04. The zero-order valence-electron chi connectivity index (χ0n) is 11.9. The minimum absolute atomic E-state index is 0.0814. The number of benzene rings is 1. The zero-order chi connectivity index (χ0) is 15.9. The molecule has 22 heavy (non-hydrogen) atoms. The van der Waals surface area contributed by atoms with E-state index in [1.54, 1.807) is 6.07 Å². The SMILES string of the molecule is COCCOC(=O)/C(C#N)=C/c1cc2ccccc2nc1Cl. The number of nitrogens with zero attached hydrogens (tertiary/aromatic N) is 2. The maximum absolute atomic E-state index is 11.8. The number of fused-ring (bicyclic) bond motifs is 1. The maximum Gasteiger partial charge on any atom is 0.348 e. The summed E-state index contributed by atoms with van der Waals surface area (Å²) >= 11 is 6.10. The number of aromatic nitrogens is 1. The second kappa shape index (κ2) is 7.55. The fourth-order valence-electron chi connectivity index (χ4n) is 1.80. The molecule has 0 unspecified atom stereocenters. The highest BCUT2D eigenvalue weighted by Gasteiger charge is 2.12. The third-order valence-electron chi connectivity index (χ3n) is 2.87. The summed E-state index contributed by atoms with van der Waals surface area (Å²) in [7, 11) is 1.50. The molecule has 0 spiro atoms. The van der Waals surface area contributed by atoms with Crippen molar-refractivity contribution in [3.63, 3.8) is 0 Å². The van der Waals surface area contributed by atoms with Gasteiger partial charge in [-0.15, -0.1) is 0 Å². The second-order valence-corrected chi connectivity index (χ2v) is 4.72. The predicted molar refractivity (Wildman–Crippen MR) is 83.2 cm³/mol. The van der Waals surface area contributed by atoms with Crippen LogP contribution >= 0.6 is 11.6 Å². The molecular weight excluding hydrogens is 304 g/mol. The molecule has 0 fully saturated rings. The van der Waals surface area contributed by atoms with Crippen molar-refractivity contribution in [2.75, 3.05) is 20.3 Å². The van der Waals surface area contributed by atoms with Gasteiger partial charge in [-0.25, -0.2) is 9.78 Å². The molecule has 0 radical (unpaired) electrons. The van der Waals surface area contributed by atoms with Gasteiger partial charge >= 0.3 is 5.97 Å². The van der Waals surface area contributed by atoms with Crippen molar-refractivity contribution in [1.82, 2.24) is 4.98 Å². The highest BCUT2D eigenvalue weighted by atomic mass is 35.5. The van der Waals surface area contributed by atoms with Gasteiger partial charge in [0, 0.05) is 18.1 Å². The number of methoxy groups -OCH3 is 1. The van der Waals surface area contributed by atoms with Crippen molar-refractivity contribution in [2.45, 2.75) is 0 Å². The van der Waals surface area contributed by atoms with Gasteiger partial charge < -0.3 is 9.47 Å². The molecule has 0 aliphatic rings. The molecule has 2 rings (SSSR count). The summed E-state index contributed by atoms with van der Waals surface area (Å²) in [6.07, 6.45) is 1.37. The van der Waals surface area contributed by atoms with E-state index in [-0.39, 0.29) is 23.9 Å². The Balaban J connectivity index is 2.31. The quantitative estimate of drug-likeness (QED) is 0.279. The van der Waals surface area contributed by atoms with Gasteiger partial charge in [-0.3, -0.25) is 0 Å². The van der Waals surface area contributed by atoms with Crippen molar-refractivity contribution >= 4 is 34.5 Å². The van der Waals surface area contributed by atoms with Crippen molar-refractivity contribution in [1.29, 1.82) is 5.26 Å². The molecule has 112 valence electrons. The van der Waals surface area contributed by atoms with E-state index < -0.39 is 5.97 Å². The minimum Gasteiger partial charge on any atom is -0.459 e. The van der Waals surface area contributed by atoms with Crippen LogP contribution in [0.1, 0.15) is 5.56 Å². The van der Waals surface area contributed by atoms with Crippen LogP contribution in [0.3, 0.4) is 0 Å². The summed E-state index contributed by atoms with van der Waals surface area (Å²) in [6, 6.07) is 11.0. The number of carbonyl (C=O) groups excluding carboxylic acids is 1. The summed E-state index contributed by atoms with van der Waals surface area (Å²) in [5.74, 6) is -0.719. The zero-order valence-corrected chi connectivity index (χ0v) is 12.6. The van der Waals surface area contributed by atoms with Gasteiger partial charge in [0.05, 0.1) is 12.1 Å². The Morgan fingerprint density at radius 3 is 2.91 bits per heavy atom. The largest absolute Gasteiger partial charge is 0.459 e. The summed E-state index contributed by atoms with van der Waals surface area (Å²) in [5.41, 5.74) is 1.08. The topological polar surface area (TPSA) is 72.2 Å². The number of halogens is 1. The van der Waals surface area contributed by atoms with E-state index in [2.05, 4.69) is 4.98 Å². The number of rotatable bonds is 5. The van der Waals surface area contributed by atoms with Gasteiger partial charge in [-0.05, 0) is 18.2 Å². The smallest absolute Gasteiger partial charge is 0.348 e. The van der Waals surface area contributed by atoms with Crippen LogP contribution in [-0.4, -0.2) is 31.3 Å². The molecule has 0 saturated carbocycles. The van der Waals surface area contributed by atoms with Crippen LogP contribution in [0.25, 0.3) is 17.0 Å². The number of esters is 1. The fourth-order valence-corrected chi connectivity index (χ4v) is 2.00. The van der Waals surface area contributed by atoms with Crippen LogP contribution < -0.4 is 0 Å². The van der Waals surface area contributed by atoms with Crippen LogP contribution in [0.2, 0.25) is 5.15 Å². The number of hydrogen-bond acceptors (Lipinski definition) is 5. The van der Waals surface area contributed by atoms with Gasteiger partial charge in [-0.1, -0.05) is 29.8 Å². The Kier molecular flexibility index (Phi) is 5.48. The highest BCUT2D eigenvalue weighted by Crippen LogP contribution is 2.22. The third-order valence-corrected chi connectivity index (χ3v) is 3.17. The van der Waals surface area contributed by atoms with E-state index >= 15 is 0 Å². The van der Waals surface area contributed by atoms with Crippen molar-refractivity contribution < 1.29 is 14.3 Å². The Labute approximate surface area is 132 Å². The van der Waals surface area contributed by atoms with Gasteiger partial charge in [-0.2, -0.15) is 5.26 Å². The van der Waals surface area contributed by atoms with Crippen molar-refractivity contribution in [2.24, 2.45) is 0 Å². The molecule has 0 saturated heterocycles. The number of ether oxygens (including phenoxy) is 2. The fraction of sp³-hybridized carbons (Fsp3) is 0.188. The lowest BCUT2D eigenvalue weighted by atomic mass is 10.1. The van der Waals surface area contributed by atoms with E-state index in [9.17, 15) is 4.79 Å². The number of hydrogen-bond donors (Lipinski definition) is 0. The first-order valence-electron chi connectivity index (χ1n) is 6.49. The normalized spacial score (nSPS) is 11.2. The molecule has 0 aliphatic carbocycles. The molecular formula is C16H13ClN2O3. The molecule has 6 heteroatoms. The molecule has 0 aliphatic heterocycles. The van der Waals surface area contributed by atoms with E-state index in [1.807, 2.05) is 30.3 Å². The number of para-hydroxylation sites is 1. The highest BCUT2D eigenvalue weighted by molar-refractivity contribution is 6.31. The van der Waals surface area contributed by atoms with Crippen molar-refractivity contribution in [3.05, 3.63) is 46.6 Å². The summed E-state index contributed by atoms with van der Waals surface area (Å²) in [6.45, 7) is 0.348. The average Bonchev–Trinajstić information content (AvgIpc) is 2.52. The summed E-state index contributed by atoms with van der Waals surface area (Å²) in [4.78, 5) is 16.0. The van der Waals surface area contributed by atoms with Crippen LogP contribution in [0.4, 0.5) is 0 Å². The average molecular weight is 317 g/mol. The molecule has 2 aromatic rings. The molecule has 0 amide bonds. The lowest BCUT2D eigenvalue weighted by molar-refractivity contribution is -0.139. The molecule has 0 atom stereocenters. The van der Waals surface area contributed by atoms with Gasteiger partial charge in [0.15, 0.2) is 0 Å². The number of carbonyl (C=O) groups is 1. The Morgan fingerprint density at radius 1 is 1.41 bits per heavy atom. The molecule has 1 heterocycles. The monoisotopic (exact) mass is 316 g/mol. The first kappa shape index (κ1) is 16.0. The maximum atomic E-state index is 11.8. The van der Waals surface area contributed by atoms with Gasteiger partial charge in [0.2, 0.25) is 0 Å². The molecule has 0 N–H and O–H groups in total. The van der Waals surface area contributed by atoms with Gasteiger partial charge in [0.1, 0.15) is 23.4 Å². The van der Waals surface area contributed by atoms with Crippen LogP contribution in [0, 0.1) is 11.3 Å². The first-order chi connectivity index (χ1) is 10.7. The second-order valence-electron chi connectivity index (χ2n) is 4.36.